The summed E-state index contributed by atoms with van der Waals surface area (Å²) in [5.41, 5.74) is 2.80. The van der Waals surface area contributed by atoms with Gasteiger partial charge in [0.25, 0.3) is 0 Å². The molecule has 2 aromatic carbocycles. The molecule has 0 atom stereocenters. The fourth-order valence-electron chi connectivity index (χ4n) is 3.00. The van der Waals surface area contributed by atoms with E-state index in [0.29, 0.717) is 0 Å². The molecule has 0 saturated heterocycles. The predicted octanol–water partition coefficient (Wildman–Crippen LogP) is 4.15. The zero-order chi connectivity index (χ0) is 16.4. The molecule has 0 saturated carbocycles. The summed E-state index contributed by atoms with van der Waals surface area (Å²) in [5, 5.41) is 0. The van der Waals surface area contributed by atoms with Gasteiger partial charge in [-0.2, -0.15) is 0 Å². The van der Waals surface area contributed by atoms with Crippen molar-refractivity contribution in [3.8, 4) is 0 Å². The Morgan fingerprint density at radius 2 is 1.04 bits per heavy atom. The van der Waals surface area contributed by atoms with E-state index in [1.165, 1.54) is 11.1 Å². The molecule has 2 nitrogen and oxygen atoms in total. The van der Waals surface area contributed by atoms with Crippen LogP contribution in [-0.4, -0.2) is 33.7 Å². The average Bonchev–Trinajstić information content (AvgIpc) is 2.60. The van der Waals surface area contributed by atoms with Crippen LogP contribution in [0.25, 0.3) is 0 Å². The van der Waals surface area contributed by atoms with Crippen LogP contribution in [-0.2, 0) is 21.6 Å². The molecule has 0 aliphatic rings. The second-order valence-corrected chi connectivity index (χ2v) is 10.4. The van der Waals surface area contributed by atoms with Crippen LogP contribution in [0.4, 0.5) is 0 Å². The Labute approximate surface area is 141 Å². The Hall–Kier alpha value is -1.42. The van der Waals surface area contributed by atoms with Crippen LogP contribution in [0, 0.1) is 0 Å². The molecule has 0 unspecified atom stereocenters. The van der Waals surface area contributed by atoms with E-state index in [4.69, 9.17) is 9.47 Å². The molecule has 2 rings (SSSR count). The molecule has 0 N–H and O–H groups in total. The Kier molecular flexibility index (Phi) is 7.53. The molecule has 0 radical (unpaired) electrons. The summed E-state index contributed by atoms with van der Waals surface area (Å²) in [4.78, 5) is 0. The van der Waals surface area contributed by atoms with Crippen molar-refractivity contribution in [3.63, 3.8) is 0 Å². The maximum atomic E-state index is 5.92. The van der Waals surface area contributed by atoms with Gasteiger partial charge in [0.15, 0.2) is 0 Å². The minimum Gasteiger partial charge on any atom is -0.385 e. The molecule has 3 heteroatoms. The molecule has 0 aromatic heterocycles. The molecular formula is C20H28O2Si. The first-order chi connectivity index (χ1) is 11.3. The van der Waals surface area contributed by atoms with Crippen LogP contribution in [0.15, 0.2) is 60.7 Å². The van der Waals surface area contributed by atoms with Crippen molar-refractivity contribution in [2.45, 2.75) is 25.9 Å². The number of hydrogen-bond donors (Lipinski definition) is 0. The molecule has 0 bridgehead atoms. The SMILES string of the molecule is CCOC[Si](COCC)(Cc1ccccc1)Cc1ccccc1. The van der Waals surface area contributed by atoms with Crippen molar-refractivity contribution in [2.24, 2.45) is 0 Å². The summed E-state index contributed by atoms with van der Waals surface area (Å²) in [7, 11) is -1.76. The summed E-state index contributed by atoms with van der Waals surface area (Å²) in [5.74, 6) is 0. The van der Waals surface area contributed by atoms with E-state index in [9.17, 15) is 0 Å². The Balaban J connectivity index is 2.24. The molecular weight excluding hydrogens is 300 g/mol. The molecule has 0 aliphatic heterocycles. The van der Waals surface area contributed by atoms with Gasteiger partial charge >= 0.3 is 0 Å². The van der Waals surface area contributed by atoms with Crippen molar-refractivity contribution in [2.75, 3.05) is 25.7 Å². The van der Waals surface area contributed by atoms with Crippen molar-refractivity contribution in [3.05, 3.63) is 71.8 Å². The van der Waals surface area contributed by atoms with E-state index in [2.05, 4.69) is 74.5 Å². The monoisotopic (exact) mass is 328 g/mol. The van der Waals surface area contributed by atoms with E-state index in [1.54, 1.807) is 0 Å². The molecule has 0 heterocycles. The lowest BCUT2D eigenvalue weighted by Gasteiger charge is -2.31. The molecule has 23 heavy (non-hydrogen) atoms. The molecule has 0 fully saturated rings. The number of benzene rings is 2. The van der Waals surface area contributed by atoms with E-state index in [0.717, 1.165) is 37.8 Å². The second-order valence-electron chi connectivity index (χ2n) is 6.10. The average molecular weight is 329 g/mol. The molecule has 0 amide bonds. The number of rotatable bonds is 10. The van der Waals surface area contributed by atoms with Crippen molar-refractivity contribution >= 4 is 8.07 Å². The van der Waals surface area contributed by atoms with E-state index in [-0.39, 0.29) is 0 Å². The van der Waals surface area contributed by atoms with Crippen LogP contribution in [0.1, 0.15) is 25.0 Å². The minimum absolute atomic E-state index is 0.768. The summed E-state index contributed by atoms with van der Waals surface area (Å²) in [6.45, 7) is 5.69. The summed E-state index contributed by atoms with van der Waals surface area (Å²) in [6.07, 6.45) is 1.71. The third-order valence-corrected chi connectivity index (χ3v) is 8.02. The van der Waals surface area contributed by atoms with E-state index in [1.807, 2.05) is 0 Å². The predicted molar refractivity (Wildman–Crippen MR) is 99.0 cm³/mol. The minimum atomic E-state index is -1.76. The quantitative estimate of drug-likeness (QED) is 0.610. The summed E-state index contributed by atoms with van der Waals surface area (Å²) >= 11 is 0. The largest absolute Gasteiger partial charge is 0.385 e. The van der Waals surface area contributed by atoms with Gasteiger partial charge in [0.2, 0.25) is 0 Å². The van der Waals surface area contributed by atoms with Crippen LogP contribution >= 0.6 is 0 Å². The smallest absolute Gasteiger partial charge is 0.121 e. The van der Waals surface area contributed by atoms with Crippen molar-refractivity contribution in [1.82, 2.24) is 0 Å². The molecule has 2 aromatic rings. The van der Waals surface area contributed by atoms with Crippen LogP contribution in [0.5, 0.6) is 0 Å². The maximum Gasteiger partial charge on any atom is 0.121 e. The van der Waals surface area contributed by atoms with Gasteiger partial charge in [0.05, 0.1) is 0 Å². The van der Waals surface area contributed by atoms with Crippen LogP contribution < -0.4 is 0 Å². The van der Waals surface area contributed by atoms with E-state index >= 15 is 0 Å². The fraction of sp³-hybridized carbons (Fsp3) is 0.400. The molecule has 0 aliphatic carbocycles. The van der Waals surface area contributed by atoms with E-state index < -0.39 is 8.07 Å². The van der Waals surface area contributed by atoms with Gasteiger partial charge in [-0.1, -0.05) is 71.8 Å². The van der Waals surface area contributed by atoms with Crippen molar-refractivity contribution in [1.29, 1.82) is 0 Å². The molecule has 124 valence electrons. The van der Waals surface area contributed by atoms with Gasteiger partial charge in [-0.3, -0.25) is 0 Å². The van der Waals surface area contributed by atoms with Gasteiger partial charge in [-0.25, -0.2) is 0 Å². The highest BCUT2D eigenvalue weighted by molar-refractivity contribution is 6.78. The third-order valence-electron chi connectivity index (χ3n) is 4.07. The Bertz CT molecular complexity index is 491. The zero-order valence-corrected chi connectivity index (χ0v) is 15.3. The second kappa shape index (κ2) is 9.66. The topological polar surface area (TPSA) is 18.5 Å². The molecule has 0 spiro atoms. The van der Waals surface area contributed by atoms with Crippen molar-refractivity contribution < 1.29 is 9.47 Å². The fourth-order valence-corrected chi connectivity index (χ4v) is 7.10. The highest BCUT2D eigenvalue weighted by Gasteiger charge is 2.34. The van der Waals surface area contributed by atoms with Gasteiger partial charge in [0, 0.05) is 25.7 Å². The third kappa shape index (κ3) is 5.94. The first-order valence-electron chi connectivity index (χ1n) is 8.51. The zero-order valence-electron chi connectivity index (χ0n) is 14.3. The summed E-state index contributed by atoms with van der Waals surface area (Å²) in [6, 6.07) is 23.8. The normalized spacial score (nSPS) is 11.6. The number of hydrogen-bond acceptors (Lipinski definition) is 2. The first kappa shape index (κ1) is 17.9. The maximum absolute atomic E-state index is 5.92. The highest BCUT2D eigenvalue weighted by Crippen LogP contribution is 2.19. The lowest BCUT2D eigenvalue weighted by Crippen LogP contribution is -2.51. The Morgan fingerprint density at radius 3 is 1.39 bits per heavy atom. The lowest BCUT2D eigenvalue weighted by atomic mass is 10.2. The standard InChI is InChI=1S/C20H28O2Si/c1-3-21-17-23(18-22-4-2,15-19-11-7-5-8-12-19)16-20-13-9-6-10-14-20/h5-14H,3-4,15-18H2,1-2H3. The van der Waals surface area contributed by atoms with Crippen LogP contribution in [0.3, 0.4) is 0 Å². The van der Waals surface area contributed by atoms with Gasteiger partial charge in [-0.05, 0) is 25.9 Å². The summed E-state index contributed by atoms with van der Waals surface area (Å²) < 4.78 is 11.8. The highest BCUT2D eigenvalue weighted by atomic mass is 28.3. The lowest BCUT2D eigenvalue weighted by molar-refractivity contribution is 0.160. The Morgan fingerprint density at radius 1 is 0.652 bits per heavy atom. The van der Waals surface area contributed by atoms with Crippen LogP contribution in [0.2, 0.25) is 0 Å². The van der Waals surface area contributed by atoms with Gasteiger partial charge in [0.1, 0.15) is 8.07 Å². The first-order valence-corrected chi connectivity index (χ1v) is 11.3. The van der Waals surface area contributed by atoms with Gasteiger partial charge < -0.3 is 9.47 Å². The van der Waals surface area contributed by atoms with Gasteiger partial charge in [-0.15, -0.1) is 0 Å². The number of ether oxygens (including phenoxy) is 2.